The van der Waals surface area contributed by atoms with Crippen LogP contribution in [0.5, 0.6) is 0 Å². The summed E-state index contributed by atoms with van der Waals surface area (Å²) in [6, 6.07) is 15.5. The van der Waals surface area contributed by atoms with Crippen molar-refractivity contribution in [2.45, 2.75) is 0 Å². The lowest BCUT2D eigenvalue weighted by Crippen LogP contribution is -1.79. The first-order valence-electron chi connectivity index (χ1n) is 5.22. The molecule has 0 fully saturated rings. The summed E-state index contributed by atoms with van der Waals surface area (Å²) in [5, 5.41) is 3.69. The van der Waals surface area contributed by atoms with Gasteiger partial charge in [-0.05, 0) is 22.2 Å². The molecule has 0 spiro atoms. The summed E-state index contributed by atoms with van der Waals surface area (Å²) >= 11 is 0. The quantitative estimate of drug-likeness (QED) is 0.400. The molecule has 0 unspecified atom stereocenters. The van der Waals surface area contributed by atoms with Crippen molar-refractivity contribution in [2.24, 2.45) is 5.11 Å². The number of rotatable bonds is 3. The molecule has 0 aliphatic heterocycles. The average molecular weight is 221 g/mol. The minimum absolute atomic E-state index is 0.640. The fourth-order valence-electron chi connectivity index (χ4n) is 1.65. The predicted octanol–water partition coefficient (Wildman–Crippen LogP) is 4.94. The minimum Gasteiger partial charge on any atom is -0.0985 e. The fraction of sp³-hybridized carbons (Fsp3) is 0. The Morgan fingerprint density at radius 1 is 1.06 bits per heavy atom. The number of benzene rings is 2. The van der Waals surface area contributed by atoms with Crippen molar-refractivity contribution in [2.75, 3.05) is 0 Å². The second kappa shape index (κ2) is 5.01. The van der Waals surface area contributed by atoms with Gasteiger partial charge in [0, 0.05) is 10.6 Å². The highest BCUT2D eigenvalue weighted by Crippen LogP contribution is 2.30. The Morgan fingerprint density at radius 2 is 1.76 bits per heavy atom. The van der Waals surface area contributed by atoms with E-state index in [-0.39, 0.29) is 0 Å². The summed E-state index contributed by atoms with van der Waals surface area (Å²) < 4.78 is 0. The Bertz CT molecular complexity index is 579. The van der Waals surface area contributed by atoms with Crippen LogP contribution in [0.2, 0.25) is 0 Å². The van der Waals surface area contributed by atoms with Gasteiger partial charge in [-0.25, -0.2) is 0 Å². The summed E-state index contributed by atoms with van der Waals surface area (Å²) in [6.07, 6.45) is 1.79. The van der Waals surface area contributed by atoms with Crippen molar-refractivity contribution in [3.8, 4) is 11.1 Å². The Labute approximate surface area is 99.7 Å². The molecule has 2 aromatic carbocycles. The van der Waals surface area contributed by atoms with Crippen LogP contribution in [0.15, 0.2) is 60.2 Å². The first-order chi connectivity index (χ1) is 8.35. The molecular formula is C14H11N3. The molecule has 0 bridgehead atoms. The van der Waals surface area contributed by atoms with Crippen LogP contribution in [-0.4, -0.2) is 0 Å². The molecule has 0 aliphatic carbocycles. The third kappa shape index (κ3) is 2.36. The van der Waals surface area contributed by atoms with Gasteiger partial charge in [-0.2, -0.15) is 0 Å². The molecule has 3 heteroatoms. The first kappa shape index (κ1) is 11.0. The summed E-state index contributed by atoms with van der Waals surface area (Å²) in [4.78, 5) is 2.83. The van der Waals surface area contributed by atoms with Crippen LogP contribution in [0.3, 0.4) is 0 Å². The van der Waals surface area contributed by atoms with E-state index >= 15 is 0 Å². The van der Waals surface area contributed by atoms with E-state index in [9.17, 15) is 0 Å². The molecular weight excluding hydrogens is 210 g/mol. The van der Waals surface area contributed by atoms with Gasteiger partial charge in [0.05, 0.1) is 0 Å². The summed E-state index contributed by atoms with van der Waals surface area (Å²) in [5.41, 5.74) is 12.2. The van der Waals surface area contributed by atoms with Crippen molar-refractivity contribution in [1.82, 2.24) is 0 Å². The van der Waals surface area contributed by atoms with Crippen molar-refractivity contribution in [3.05, 3.63) is 71.1 Å². The van der Waals surface area contributed by atoms with Gasteiger partial charge in [-0.3, -0.25) is 0 Å². The van der Waals surface area contributed by atoms with E-state index in [4.69, 9.17) is 5.53 Å². The van der Waals surface area contributed by atoms with E-state index in [0.29, 0.717) is 5.69 Å². The van der Waals surface area contributed by atoms with Crippen LogP contribution >= 0.6 is 0 Å². The van der Waals surface area contributed by atoms with Crippen molar-refractivity contribution in [3.63, 3.8) is 0 Å². The van der Waals surface area contributed by atoms with Crippen molar-refractivity contribution < 1.29 is 0 Å². The van der Waals surface area contributed by atoms with E-state index in [0.717, 1.165) is 16.7 Å². The maximum absolute atomic E-state index is 8.52. The topological polar surface area (TPSA) is 48.8 Å². The Morgan fingerprint density at radius 3 is 2.41 bits per heavy atom. The highest BCUT2D eigenvalue weighted by Gasteiger charge is 2.02. The zero-order valence-electron chi connectivity index (χ0n) is 9.24. The fourth-order valence-corrected chi connectivity index (χ4v) is 1.65. The number of hydrogen-bond acceptors (Lipinski definition) is 1. The number of hydrogen-bond donors (Lipinski definition) is 0. The number of nitrogens with zero attached hydrogens (tertiary/aromatic N) is 3. The Kier molecular flexibility index (Phi) is 3.24. The van der Waals surface area contributed by atoms with E-state index < -0.39 is 0 Å². The van der Waals surface area contributed by atoms with Gasteiger partial charge >= 0.3 is 0 Å². The molecule has 17 heavy (non-hydrogen) atoms. The Hall–Kier alpha value is -2.51. The van der Waals surface area contributed by atoms with Gasteiger partial charge < -0.3 is 0 Å². The molecule has 3 nitrogen and oxygen atoms in total. The zero-order valence-corrected chi connectivity index (χ0v) is 9.24. The SMILES string of the molecule is C=Cc1ccc(-c2ccccc2N=[N+]=[N-])cc1. The summed E-state index contributed by atoms with van der Waals surface area (Å²) in [6.45, 7) is 3.71. The molecule has 0 radical (unpaired) electrons. The molecule has 0 N–H and O–H groups in total. The van der Waals surface area contributed by atoms with Gasteiger partial charge in [-0.15, -0.1) is 0 Å². The van der Waals surface area contributed by atoms with Crippen LogP contribution in [0.1, 0.15) is 5.56 Å². The van der Waals surface area contributed by atoms with Crippen LogP contribution in [0.25, 0.3) is 27.6 Å². The molecule has 2 rings (SSSR count). The van der Waals surface area contributed by atoms with Crippen LogP contribution in [-0.2, 0) is 0 Å². The molecule has 0 aliphatic rings. The molecule has 0 heterocycles. The molecule has 0 saturated heterocycles. The maximum Gasteiger partial charge on any atom is 0.0453 e. The van der Waals surface area contributed by atoms with Gasteiger partial charge in [-0.1, -0.05) is 66.3 Å². The molecule has 0 atom stereocenters. The van der Waals surface area contributed by atoms with E-state index in [1.807, 2.05) is 42.5 Å². The van der Waals surface area contributed by atoms with Crippen LogP contribution in [0, 0.1) is 0 Å². The Balaban J connectivity index is 2.51. The summed E-state index contributed by atoms with van der Waals surface area (Å²) in [5.74, 6) is 0. The smallest absolute Gasteiger partial charge is 0.0453 e. The standard InChI is InChI=1S/C14H11N3/c1-2-11-7-9-12(10-8-11)13-5-3-4-6-14(13)16-17-15/h2-10H,1H2. The number of azide groups is 1. The van der Waals surface area contributed by atoms with Crippen LogP contribution in [0.4, 0.5) is 5.69 Å². The second-order valence-electron chi connectivity index (χ2n) is 3.53. The highest BCUT2D eigenvalue weighted by molar-refractivity contribution is 5.76. The average Bonchev–Trinajstić information content (AvgIpc) is 2.40. The third-order valence-corrected chi connectivity index (χ3v) is 2.51. The minimum atomic E-state index is 0.640. The normalized spacial score (nSPS) is 9.41. The third-order valence-electron chi connectivity index (χ3n) is 2.51. The van der Waals surface area contributed by atoms with Gasteiger partial charge in [0.1, 0.15) is 0 Å². The molecule has 0 aromatic heterocycles. The lowest BCUT2D eigenvalue weighted by Gasteiger charge is -2.05. The molecule has 2 aromatic rings. The molecule has 0 saturated carbocycles. The second-order valence-corrected chi connectivity index (χ2v) is 3.53. The lowest BCUT2D eigenvalue weighted by atomic mass is 10.0. The first-order valence-corrected chi connectivity index (χ1v) is 5.22. The van der Waals surface area contributed by atoms with Gasteiger partial charge in [0.2, 0.25) is 0 Å². The largest absolute Gasteiger partial charge is 0.0985 e. The van der Waals surface area contributed by atoms with Crippen LogP contribution < -0.4 is 0 Å². The molecule has 0 amide bonds. The van der Waals surface area contributed by atoms with E-state index in [2.05, 4.69) is 16.6 Å². The van der Waals surface area contributed by atoms with E-state index in [1.165, 1.54) is 0 Å². The monoisotopic (exact) mass is 221 g/mol. The molecule has 82 valence electrons. The van der Waals surface area contributed by atoms with Crippen molar-refractivity contribution in [1.29, 1.82) is 0 Å². The van der Waals surface area contributed by atoms with Gasteiger partial charge in [0.15, 0.2) is 0 Å². The lowest BCUT2D eigenvalue weighted by molar-refractivity contribution is 1.47. The highest BCUT2D eigenvalue weighted by atomic mass is 15.1. The van der Waals surface area contributed by atoms with E-state index in [1.54, 1.807) is 12.1 Å². The summed E-state index contributed by atoms with van der Waals surface area (Å²) in [7, 11) is 0. The van der Waals surface area contributed by atoms with Gasteiger partial charge in [0.25, 0.3) is 0 Å². The maximum atomic E-state index is 8.52. The predicted molar refractivity (Wildman–Crippen MR) is 70.8 cm³/mol. The van der Waals surface area contributed by atoms with Crippen molar-refractivity contribution >= 4 is 11.8 Å². The zero-order chi connectivity index (χ0) is 12.1.